The van der Waals surface area contributed by atoms with Gasteiger partial charge in [-0.25, -0.2) is 4.99 Å². The lowest BCUT2D eigenvalue weighted by Gasteiger charge is -2.22. The van der Waals surface area contributed by atoms with Gasteiger partial charge >= 0.3 is 0 Å². The van der Waals surface area contributed by atoms with Crippen LogP contribution < -0.4 is 9.47 Å². The van der Waals surface area contributed by atoms with Crippen LogP contribution in [0.4, 0.5) is 5.69 Å². The van der Waals surface area contributed by atoms with E-state index < -0.39 is 0 Å². The highest BCUT2D eigenvalue weighted by molar-refractivity contribution is 8.18. The van der Waals surface area contributed by atoms with Gasteiger partial charge in [-0.1, -0.05) is 30.7 Å². The number of amidine groups is 1. The Morgan fingerprint density at radius 1 is 1.10 bits per heavy atom. The van der Waals surface area contributed by atoms with Crippen molar-refractivity contribution in [1.29, 1.82) is 0 Å². The average molecular weight is 439 g/mol. The van der Waals surface area contributed by atoms with E-state index in [1.54, 1.807) is 12.0 Å². The number of benzene rings is 2. The third-order valence-electron chi connectivity index (χ3n) is 4.98. The molecule has 3 rings (SSSR count). The van der Waals surface area contributed by atoms with Gasteiger partial charge in [0.1, 0.15) is 0 Å². The van der Waals surface area contributed by atoms with Crippen molar-refractivity contribution in [1.82, 2.24) is 4.90 Å². The van der Waals surface area contributed by atoms with Crippen molar-refractivity contribution in [3.8, 4) is 11.5 Å². The standard InChI is InChI=1S/C25H30N2O3S/c1-7-18(5)27-24(28)23(31-25(27)26-20-11-8-17(4)9-12-20)15-19-10-13-21(30-16(2)3)22(14-19)29-6/h8-16,18H,7H2,1-6H3/b23-15+,26-25?/t18-/m0/s1. The molecular formula is C25H30N2O3S. The fourth-order valence-electron chi connectivity index (χ4n) is 3.14. The molecule has 1 saturated heterocycles. The van der Waals surface area contributed by atoms with Crippen LogP contribution in [0.3, 0.4) is 0 Å². The summed E-state index contributed by atoms with van der Waals surface area (Å²) < 4.78 is 11.3. The van der Waals surface area contributed by atoms with E-state index in [0.29, 0.717) is 21.6 Å². The number of carbonyl (C=O) groups excluding carboxylic acids is 1. The lowest BCUT2D eigenvalue weighted by molar-refractivity contribution is -0.123. The monoisotopic (exact) mass is 438 g/mol. The zero-order valence-electron chi connectivity index (χ0n) is 19.0. The van der Waals surface area contributed by atoms with E-state index in [1.807, 2.05) is 76.2 Å². The summed E-state index contributed by atoms with van der Waals surface area (Å²) in [6.45, 7) is 10.1. The Morgan fingerprint density at radius 2 is 1.81 bits per heavy atom. The molecule has 1 aliphatic heterocycles. The molecule has 0 saturated carbocycles. The number of methoxy groups -OCH3 is 1. The lowest BCUT2D eigenvalue weighted by Crippen LogP contribution is -2.36. The number of ether oxygens (including phenoxy) is 2. The second-order valence-corrected chi connectivity index (χ2v) is 8.86. The zero-order chi connectivity index (χ0) is 22.5. The van der Waals surface area contributed by atoms with E-state index in [9.17, 15) is 4.79 Å². The van der Waals surface area contributed by atoms with Crippen molar-refractivity contribution in [3.63, 3.8) is 0 Å². The van der Waals surface area contributed by atoms with Gasteiger partial charge in [0, 0.05) is 6.04 Å². The Hall–Kier alpha value is -2.73. The van der Waals surface area contributed by atoms with E-state index in [0.717, 1.165) is 17.7 Å². The fraction of sp³-hybridized carbons (Fsp3) is 0.360. The van der Waals surface area contributed by atoms with Crippen molar-refractivity contribution < 1.29 is 14.3 Å². The minimum absolute atomic E-state index is 0.0216. The summed E-state index contributed by atoms with van der Waals surface area (Å²) in [5.74, 6) is 1.31. The Labute approximate surface area is 189 Å². The van der Waals surface area contributed by atoms with E-state index in [4.69, 9.17) is 14.5 Å². The summed E-state index contributed by atoms with van der Waals surface area (Å²) in [6.07, 6.45) is 2.79. The Balaban J connectivity index is 1.95. The average Bonchev–Trinajstić information content (AvgIpc) is 3.04. The molecule has 1 heterocycles. The number of hydrogen-bond donors (Lipinski definition) is 0. The van der Waals surface area contributed by atoms with Gasteiger partial charge in [0.2, 0.25) is 0 Å². The summed E-state index contributed by atoms with van der Waals surface area (Å²) in [6, 6.07) is 13.8. The summed E-state index contributed by atoms with van der Waals surface area (Å²) >= 11 is 1.41. The molecule has 31 heavy (non-hydrogen) atoms. The third-order valence-corrected chi connectivity index (χ3v) is 5.96. The number of aliphatic imine (C=N–C) groups is 1. The molecule has 0 spiro atoms. The number of hydrogen-bond acceptors (Lipinski definition) is 5. The van der Waals surface area contributed by atoms with Gasteiger partial charge in [-0.3, -0.25) is 9.69 Å². The number of thioether (sulfide) groups is 1. The van der Waals surface area contributed by atoms with Gasteiger partial charge in [-0.15, -0.1) is 0 Å². The van der Waals surface area contributed by atoms with Crippen LogP contribution in [0.1, 0.15) is 45.2 Å². The second-order valence-electron chi connectivity index (χ2n) is 7.85. The highest BCUT2D eigenvalue weighted by Gasteiger charge is 2.36. The van der Waals surface area contributed by atoms with Crippen LogP contribution in [0.15, 0.2) is 52.4 Å². The van der Waals surface area contributed by atoms with E-state index >= 15 is 0 Å². The first-order valence-corrected chi connectivity index (χ1v) is 11.4. The van der Waals surface area contributed by atoms with E-state index in [-0.39, 0.29) is 18.1 Å². The van der Waals surface area contributed by atoms with Crippen LogP contribution >= 0.6 is 11.8 Å². The predicted molar refractivity (Wildman–Crippen MR) is 129 cm³/mol. The third kappa shape index (κ3) is 5.50. The van der Waals surface area contributed by atoms with Crippen molar-refractivity contribution in [3.05, 3.63) is 58.5 Å². The zero-order valence-corrected chi connectivity index (χ0v) is 19.8. The molecule has 0 unspecified atom stereocenters. The largest absolute Gasteiger partial charge is 0.493 e. The van der Waals surface area contributed by atoms with E-state index in [1.165, 1.54) is 17.3 Å². The number of nitrogens with zero attached hydrogens (tertiary/aromatic N) is 2. The Kier molecular flexibility index (Phi) is 7.44. The quantitative estimate of drug-likeness (QED) is 0.484. The lowest BCUT2D eigenvalue weighted by atomic mass is 10.1. The van der Waals surface area contributed by atoms with Gasteiger partial charge < -0.3 is 9.47 Å². The fourth-order valence-corrected chi connectivity index (χ4v) is 4.23. The summed E-state index contributed by atoms with van der Waals surface area (Å²) in [5, 5.41) is 0.709. The molecule has 1 amide bonds. The second kappa shape index (κ2) is 10.1. The number of aryl methyl sites for hydroxylation is 1. The normalized spacial score (nSPS) is 17.6. The van der Waals surface area contributed by atoms with Gasteiger partial charge in [0.05, 0.1) is 23.8 Å². The van der Waals surface area contributed by atoms with Crippen molar-refractivity contribution in [2.75, 3.05) is 7.11 Å². The first-order chi connectivity index (χ1) is 14.8. The summed E-state index contributed by atoms with van der Waals surface area (Å²) in [4.78, 5) is 20.4. The molecule has 0 aliphatic carbocycles. The molecule has 0 radical (unpaired) electrons. The molecule has 1 aliphatic rings. The predicted octanol–water partition coefficient (Wildman–Crippen LogP) is 6.19. The van der Waals surface area contributed by atoms with Crippen molar-refractivity contribution >= 4 is 34.6 Å². The van der Waals surface area contributed by atoms with Gasteiger partial charge in [-0.2, -0.15) is 0 Å². The molecule has 2 aromatic carbocycles. The Morgan fingerprint density at radius 3 is 2.42 bits per heavy atom. The maximum absolute atomic E-state index is 13.2. The highest BCUT2D eigenvalue weighted by Crippen LogP contribution is 2.37. The molecule has 1 fully saturated rings. The smallest absolute Gasteiger partial charge is 0.266 e. The van der Waals surface area contributed by atoms with Crippen LogP contribution in [0.2, 0.25) is 0 Å². The first-order valence-electron chi connectivity index (χ1n) is 10.6. The molecule has 0 N–H and O–H groups in total. The molecule has 1 atom stereocenters. The van der Waals surface area contributed by atoms with Crippen LogP contribution in [-0.4, -0.2) is 35.2 Å². The molecule has 0 bridgehead atoms. The molecule has 0 aromatic heterocycles. The summed E-state index contributed by atoms with van der Waals surface area (Å²) in [7, 11) is 1.62. The minimum atomic E-state index is -0.0216. The van der Waals surface area contributed by atoms with Gasteiger partial charge in [0.15, 0.2) is 16.7 Å². The minimum Gasteiger partial charge on any atom is -0.493 e. The van der Waals surface area contributed by atoms with Crippen molar-refractivity contribution in [2.45, 2.75) is 53.2 Å². The van der Waals surface area contributed by atoms with Crippen LogP contribution in [-0.2, 0) is 4.79 Å². The molecule has 5 nitrogen and oxygen atoms in total. The highest BCUT2D eigenvalue weighted by atomic mass is 32.2. The van der Waals surface area contributed by atoms with Gasteiger partial charge in [0.25, 0.3) is 5.91 Å². The SMILES string of the molecule is CC[C@H](C)N1C(=O)/C(=C\c2ccc(OC(C)C)c(OC)c2)SC1=Nc1ccc(C)cc1. The number of rotatable bonds is 7. The maximum Gasteiger partial charge on any atom is 0.266 e. The molecule has 2 aromatic rings. The maximum atomic E-state index is 13.2. The summed E-state index contributed by atoms with van der Waals surface area (Å²) in [5.41, 5.74) is 2.90. The van der Waals surface area contributed by atoms with Crippen LogP contribution in [0.5, 0.6) is 11.5 Å². The van der Waals surface area contributed by atoms with Gasteiger partial charge in [-0.05, 0) is 81.8 Å². The van der Waals surface area contributed by atoms with E-state index in [2.05, 4.69) is 6.92 Å². The molecule has 6 heteroatoms. The number of amides is 1. The first kappa shape index (κ1) is 22.9. The topological polar surface area (TPSA) is 51.1 Å². The van der Waals surface area contributed by atoms with Crippen LogP contribution in [0, 0.1) is 6.92 Å². The molecule has 164 valence electrons. The molecular weight excluding hydrogens is 408 g/mol. The number of carbonyl (C=O) groups is 1. The van der Waals surface area contributed by atoms with Crippen molar-refractivity contribution in [2.24, 2.45) is 4.99 Å². The Bertz CT molecular complexity index is 996. The van der Waals surface area contributed by atoms with Crippen LogP contribution in [0.25, 0.3) is 6.08 Å².